The van der Waals surface area contributed by atoms with E-state index in [0.717, 1.165) is 18.2 Å². The molecule has 1 aromatic heterocycles. The highest BCUT2D eigenvalue weighted by atomic mass is 32.2. The van der Waals surface area contributed by atoms with Crippen molar-refractivity contribution < 1.29 is 0 Å². The van der Waals surface area contributed by atoms with Crippen LogP contribution in [0.15, 0.2) is 12.4 Å². The number of aryl methyl sites for hydroxylation is 1. The van der Waals surface area contributed by atoms with Crippen molar-refractivity contribution in [1.82, 2.24) is 15.1 Å². The summed E-state index contributed by atoms with van der Waals surface area (Å²) in [5.74, 6) is 1.17. The van der Waals surface area contributed by atoms with E-state index >= 15 is 0 Å². The maximum atomic E-state index is 4.32. The van der Waals surface area contributed by atoms with E-state index in [2.05, 4.69) is 49.1 Å². The Hall–Kier alpha value is -0.480. The van der Waals surface area contributed by atoms with Gasteiger partial charge in [-0.25, -0.2) is 0 Å². The summed E-state index contributed by atoms with van der Waals surface area (Å²) in [7, 11) is 2.05. The second-order valence-electron chi connectivity index (χ2n) is 4.45. The molecule has 0 fully saturated rings. The molecule has 0 radical (unpaired) electrons. The van der Waals surface area contributed by atoms with Crippen LogP contribution in [-0.4, -0.2) is 33.9 Å². The van der Waals surface area contributed by atoms with Gasteiger partial charge in [0.2, 0.25) is 0 Å². The Balaban J connectivity index is 2.40. The molecule has 0 aliphatic carbocycles. The Kier molecular flexibility index (Phi) is 6.66. The summed E-state index contributed by atoms with van der Waals surface area (Å²) in [5, 5.41) is 8.47. The fraction of sp³-hybridized carbons (Fsp3) is 0.769. The monoisotopic (exact) mass is 255 g/mol. The lowest BCUT2D eigenvalue weighted by molar-refractivity contribution is 0.614. The van der Waals surface area contributed by atoms with Crippen molar-refractivity contribution in [2.75, 3.05) is 12.8 Å². The SMILES string of the molecule is CCC(C)SCC(Cc1cnn(CC)c1)NC. The number of likely N-dealkylation sites (N-methyl/N-ethyl adjacent to an activating group) is 1. The fourth-order valence-corrected chi connectivity index (χ4v) is 2.69. The maximum absolute atomic E-state index is 4.32. The van der Waals surface area contributed by atoms with Crippen molar-refractivity contribution in [3.63, 3.8) is 0 Å². The van der Waals surface area contributed by atoms with Crippen molar-refractivity contribution in [3.8, 4) is 0 Å². The largest absolute Gasteiger partial charge is 0.316 e. The molecule has 0 aliphatic rings. The van der Waals surface area contributed by atoms with Crippen LogP contribution in [0.1, 0.15) is 32.8 Å². The normalized spacial score (nSPS) is 14.8. The zero-order valence-electron chi connectivity index (χ0n) is 11.4. The van der Waals surface area contributed by atoms with Crippen LogP contribution in [0.2, 0.25) is 0 Å². The van der Waals surface area contributed by atoms with Gasteiger partial charge >= 0.3 is 0 Å². The minimum Gasteiger partial charge on any atom is -0.316 e. The number of hydrogen-bond donors (Lipinski definition) is 1. The number of nitrogens with one attached hydrogen (secondary N) is 1. The lowest BCUT2D eigenvalue weighted by Gasteiger charge is -2.17. The van der Waals surface area contributed by atoms with Crippen LogP contribution in [0.25, 0.3) is 0 Å². The predicted octanol–water partition coefficient (Wildman–Crippen LogP) is 2.57. The molecule has 4 heteroatoms. The van der Waals surface area contributed by atoms with Crippen molar-refractivity contribution in [2.45, 2.75) is 51.4 Å². The second-order valence-corrected chi connectivity index (χ2v) is 5.92. The van der Waals surface area contributed by atoms with Crippen LogP contribution in [0.5, 0.6) is 0 Å². The second kappa shape index (κ2) is 7.77. The molecule has 2 atom stereocenters. The summed E-state index contributed by atoms with van der Waals surface area (Å²) in [5.41, 5.74) is 1.33. The summed E-state index contributed by atoms with van der Waals surface area (Å²) in [6.07, 6.45) is 6.45. The number of nitrogens with zero attached hydrogens (tertiary/aromatic N) is 2. The Bertz CT molecular complexity index is 311. The van der Waals surface area contributed by atoms with Gasteiger partial charge in [-0.1, -0.05) is 13.8 Å². The van der Waals surface area contributed by atoms with E-state index in [9.17, 15) is 0 Å². The Labute approximate surface area is 109 Å². The number of thioether (sulfide) groups is 1. The molecule has 0 bridgehead atoms. The predicted molar refractivity (Wildman–Crippen MR) is 76.7 cm³/mol. The van der Waals surface area contributed by atoms with Crippen LogP contribution < -0.4 is 5.32 Å². The van der Waals surface area contributed by atoms with Gasteiger partial charge in [0.15, 0.2) is 0 Å². The van der Waals surface area contributed by atoms with Crippen LogP contribution in [-0.2, 0) is 13.0 Å². The van der Waals surface area contributed by atoms with E-state index in [1.165, 1.54) is 17.7 Å². The number of rotatable bonds is 8. The highest BCUT2D eigenvalue weighted by Gasteiger charge is 2.10. The average Bonchev–Trinajstić information content (AvgIpc) is 2.81. The lowest BCUT2D eigenvalue weighted by atomic mass is 10.1. The third-order valence-electron chi connectivity index (χ3n) is 3.06. The molecule has 0 aromatic carbocycles. The Morgan fingerprint density at radius 3 is 2.76 bits per heavy atom. The van der Waals surface area contributed by atoms with Crippen LogP contribution in [0.4, 0.5) is 0 Å². The van der Waals surface area contributed by atoms with E-state index in [1.54, 1.807) is 0 Å². The molecule has 1 heterocycles. The molecule has 0 amide bonds. The van der Waals surface area contributed by atoms with Crippen LogP contribution >= 0.6 is 11.8 Å². The van der Waals surface area contributed by atoms with Gasteiger partial charge in [-0.3, -0.25) is 4.68 Å². The van der Waals surface area contributed by atoms with Gasteiger partial charge in [0.25, 0.3) is 0 Å². The van der Waals surface area contributed by atoms with Gasteiger partial charge in [-0.15, -0.1) is 0 Å². The fourth-order valence-electron chi connectivity index (χ4n) is 1.61. The molecule has 0 spiro atoms. The average molecular weight is 255 g/mol. The molecule has 1 N–H and O–H groups in total. The zero-order chi connectivity index (χ0) is 12.7. The highest BCUT2D eigenvalue weighted by molar-refractivity contribution is 7.99. The van der Waals surface area contributed by atoms with Gasteiger partial charge in [0, 0.05) is 29.8 Å². The molecule has 0 saturated heterocycles. The topological polar surface area (TPSA) is 29.9 Å². The quantitative estimate of drug-likeness (QED) is 0.774. The molecule has 0 saturated carbocycles. The number of hydrogen-bond acceptors (Lipinski definition) is 3. The lowest BCUT2D eigenvalue weighted by Crippen LogP contribution is -2.30. The molecule has 0 aliphatic heterocycles. The summed E-state index contributed by atoms with van der Waals surface area (Å²) in [6.45, 7) is 7.61. The van der Waals surface area contributed by atoms with Gasteiger partial charge in [-0.05, 0) is 32.4 Å². The minimum atomic E-state index is 0.545. The maximum Gasteiger partial charge on any atom is 0.0522 e. The summed E-state index contributed by atoms with van der Waals surface area (Å²) < 4.78 is 1.99. The molecular formula is C13H25N3S. The molecule has 2 unspecified atom stereocenters. The molecule has 1 aromatic rings. The van der Waals surface area contributed by atoms with E-state index < -0.39 is 0 Å². The molecule has 1 rings (SSSR count). The van der Waals surface area contributed by atoms with Crippen molar-refractivity contribution in [3.05, 3.63) is 18.0 Å². The first kappa shape index (κ1) is 14.6. The van der Waals surface area contributed by atoms with Crippen molar-refractivity contribution in [2.24, 2.45) is 0 Å². The zero-order valence-corrected chi connectivity index (χ0v) is 12.3. The molecule has 3 nitrogen and oxygen atoms in total. The highest BCUT2D eigenvalue weighted by Crippen LogP contribution is 2.16. The number of aromatic nitrogens is 2. The van der Waals surface area contributed by atoms with E-state index in [-0.39, 0.29) is 0 Å². The third kappa shape index (κ3) is 5.13. The first-order valence-electron chi connectivity index (χ1n) is 6.49. The standard InChI is InChI=1S/C13H25N3S/c1-5-11(3)17-10-13(14-4)7-12-8-15-16(6-2)9-12/h8-9,11,13-14H,5-7,10H2,1-4H3. The van der Waals surface area contributed by atoms with Crippen molar-refractivity contribution >= 4 is 11.8 Å². The van der Waals surface area contributed by atoms with Gasteiger partial charge in [-0.2, -0.15) is 16.9 Å². The van der Waals surface area contributed by atoms with E-state index in [4.69, 9.17) is 0 Å². The van der Waals surface area contributed by atoms with E-state index in [0.29, 0.717) is 6.04 Å². The van der Waals surface area contributed by atoms with Gasteiger partial charge in [0.05, 0.1) is 6.20 Å². The van der Waals surface area contributed by atoms with Gasteiger partial charge in [0.1, 0.15) is 0 Å². The first-order valence-corrected chi connectivity index (χ1v) is 7.54. The molecule has 17 heavy (non-hydrogen) atoms. The Morgan fingerprint density at radius 1 is 1.47 bits per heavy atom. The van der Waals surface area contributed by atoms with Crippen LogP contribution in [0, 0.1) is 0 Å². The first-order chi connectivity index (χ1) is 8.19. The summed E-state index contributed by atoms with van der Waals surface area (Å²) in [4.78, 5) is 0. The molecule has 98 valence electrons. The van der Waals surface area contributed by atoms with Gasteiger partial charge < -0.3 is 5.32 Å². The summed E-state index contributed by atoms with van der Waals surface area (Å²) in [6, 6.07) is 0.545. The van der Waals surface area contributed by atoms with Crippen LogP contribution in [0.3, 0.4) is 0 Å². The summed E-state index contributed by atoms with van der Waals surface area (Å²) >= 11 is 2.05. The minimum absolute atomic E-state index is 0.545. The Morgan fingerprint density at radius 2 is 2.24 bits per heavy atom. The van der Waals surface area contributed by atoms with E-state index in [1.807, 2.05) is 17.9 Å². The third-order valence-corrected chi connectivity index (χ3v) is 4.56. The van der Waals surface area contributed by atoms with Crippen molar-refractivity contribution in [1.29, 1.82) is 0 Å². The smallest absolute Gasteiger partial charge is 0.0522 e. The molecular weight excluding hydrogens is 230 g/mol.